The first kappa shape index (κ1) is 15.8. The largest absolute Gasteiger partial charge is 0.497 e. The molecule has 1 N–H and O–H groups in total. The molecule has 1 amide bonds. The molecule has 5 heteroatoms. The maximum Gasteiger partial charge on any atom is 0.251 e. The van der Waals surface area contributed by atoms with Crippen LogP contribution in [0, 0.1) is 0 Å². The van der Waals surface area contributed by atoms with Gasteiger partial charge in [-0.2, -0.15) is 0 Å². The first-order valence-electron chi connectivity index (χ1n) is 7.55. The molecule has 0 saturated carbocycles. The summed E-state index contributed by atoms with van der Waals surface area (Å²) in [6.45, 7) is 0.418. The molecule has 0 fully saturated rings. The Hall–Kier alpha value is -3.08. The van der Waals surface area contributed by atoms with Gasteiger partial charge in [-0.15, -0.1) is 0 Å². The molecule has 2 aromatic carbocycles. The average Bonchev–Trinajstić information content (AvgIpc) is 2.65. The van der Waals surface area contributed by atoms with Crippen LogP contribution < -0.4 is 14.8 Å². The number of methoxy groups -OCH3 is 2. The van der Waals surface area contributed by atoms with Crippen molar-refractivity contribution in [3.63, 3.8) is 0 Å². The third-order valence-electron chi connectivity index (χ3n) is 3.79. The van der Waals surface area contributed by atoms with Gasteiger partial charge in [0.25, 0.3) is 5.91 Å². The van der Waals surface area contributed by atoms with Gasteiger partial charge in [0, 0.05) is 29.8 Å². The van der Waals surface area contributed by atoms with E-state index in [2.05, 4.69) is 10.3 Å². The molecule has 0 aliphatic carbocycles. The van der Waals surface area contributed by atoms with E-state index in [4.69, 9.17) is 9.47 Å². The Balaban J connectivity index is 1.80. The highest BCUT2D eigenvalue weighted by Crippen LogP contribution is 2.22. The third kappa shape index (κ3) is 3.30. The lowest BCUT2D eigenvalue weighted by Crippen LogP contribution is -2.23. The number of fused-ring (bicyclic) bond motifs is 1. The lowest BCUT2D eigenvalue weighted by molar-refractivity contribution is 0.0950. The Kier molecular flexibility index (Phi) is 4.61. The molecule has 1 aromatic heterocycles. The van der Waals surface area contributed by atoms with Gasteiger partial charge in [0.2, 0.25) is 0 Å². The molecule has 5 nitrogen and oxygen atoms in total. The molecular formula is C19H18N2O3. The van der Waals surface area contributed by atoms with Gasteiger partial charge in [-0.25, -0.2) is 0 Å². The first-order valence-corrected chi connectivity index (χ1v) is 7.55. The standard InChI is InChI=1S/C19H18N2O3/c1-23-15-9-14(10-16(11-15)24-2)19(22)21-12-13-7-8-20-18-6-4-3-5-17(13)18/h3-11H,12H2,1-2H3,(H,21,22). The number of para-hydroxylation sites is 1. The third-order valence-corrected chi connectivity index (χ3v) is 3.79. The average molecular weight is 322 g/mol. The minimum atomic E-state index is -0.187. The maximum absolute atomic E-state index is 12.5. The zero-order chi connectivity index (χ0) is 16.9. The van der Waals surface area contributed by atoms with E-state index in [1.807, 2.05) is 30.3 Å². The molecule has 0 atom stereocenters. The molecule has 3 aromatic rings. The minimum Gasteiger partial charge on any atom is -0.497 e. The van der Waals surface area contributed by atoms with Crippen LogP contribution in [0.2, 0.25) is 0 Å². The van der Waals surface area contributed by atoms with Crippen LogP contribution in [-0.4, -0.2) is 25.1 Å². The van der Waals surface area contributed by atoms with E-state index in [1.165, 1.54) is 0 Å². The molecule has 122 valence electrons. The van der Waals surface area contributed by atoms with Gasteiger partial charge in [0.15, 0.2) is 0 Å². The van der Waals surface area contributed by atoms with Gasteiger partial charge in [0.1, 0.15) is 11.5 Å². The molecule has 0 aliphatic rings. The predicted octanol–water partition coefficient (Wildman–Crippen LogP) is 3.18. The number of hydrogen-bond acceptors (Lipinski definition) is 4. The quantitative estimate of drug-likeness (QED) is 0.784. The molecular weight excluding hydrogens is 304 g/mol. The first-order chi connectivity index (χ1) is 11.7. The van der Waals surface area contributed by atoms with E-state index < -0.39 is 0 Å². The maximum atomic E-state index is 12.5. The number of ether oxygens (including phenoxy) is 2. The number of nitrogens with one attached hydrogen (secondary N) is 1. The molecule has 3 rings (SSSR count). The molecule has 1 heterocycles. The van der Waals surface area contributed by atoms with Crippen molar-refractivity contribution in [3.8, 4) is 11.5 Å². The molecule has 24 heavy (non-hydrogen) atoms. The topological polar surface area (TPSA) is 60.5 Å². The van der Waals surface area contributed by atoms with Gasteiger partial charge < -0.3 is 14.8 Å². The van der Waals surface area contributed by atoms with Crippen LogP contribution in [0.15, 0.2) is 54.7 Å². The molecule has 0 unspecified atom stereocenters. The zero-order valence-corrected chi connectivity index (χ0v) is 13.6. The fourth-order valence-electron chi connectivity index (χ4n) is 2.53. The number of carbonyl (C=O) groups excluding carboxylic acids is 1. The van der Waals surface area contributed by atoms with Crippen molar-refractivity contribution in [1.82, 2.24) is 10.3 Å². The summed E-state index contributed by atoms with van der Waals surface area (Å²) >= 11 is 0. The summed E-state index contributed by atoms with van der Waals surface area (Å²) < 4.78 is 10.4. The highest BCUT2D eigenvalue weighted by Gasteiger charge is 2.10. The van der Waals surface area contributed by atoms with Crippen molar-refractivity contribution < 1.29 is 14.3 Å². The number of nitrogens with zero attached hydrogens (tertiary/aromatic N) is 1. The van der Waals surface area contributed by atoms with Gasteiger partial charge in [0.05, 0.1) is 19.7 Å². The lowest BCUT2D eigenvalue weighted by atomic mass is 10.1. The SMILES string of the molecule is COc1cc(OC)cc(C(=O)NCc2ccnc3ccccc23)c1. The number of aromatic nitrogens is 1. The number of amides is 1. The molecule has 0 bridgehead atoms. The monoisotopic (exact) mass is 322 g/mol. The molecule has 0 saturated heterocycles. The van der Waals surface area contributed by atoms with Crippen LogP contribution in [-0.2, 0) is 6.54 Å². The van der Waals surface area contributed by atoms with Crippen molar-refractivity contribution in [2.45, 2.75) is 6.54 Å². The number of rotatable bonds is 5. The highest BCUT2D eigenvalue weighted by atomic mass is 16.5. The van der Waals surface area contributed by atoms with Gasteiger partial charge in [-0.1, -0.05) is 18.2 Å². The van der Waals surface area contributed by atoms with E-state index in [-0.39, 0.29) is 5.91 Å². The summed E-state index contributed by atoms with van der Waals surface area (Å²) in [5.41, 5.74) is 2.42. The van der Waals surface area contributed by atoms with Crippen molar-refractivity contribution >= 4 is 16.8 Å². The second-order valence-corrected chi connectivity index (χ2v) is 5.27. The Bertz CT molecular complexity index is 850. The van der Waals surface area contributed by atoms with E-state index >= 15 is 0 Å². The lowest BCUT2D eigenvalue weighted by Gasteiger charge is -2.10. The van der Waals surface area contributed by atoms with E-state index in [1.54, 1.807) is 38.6 Å². The summed E-state index contributed by atoms with van der Waals surface area (Å²) in [6, 6.07) is 14.9. The van der Waals surface area contributed by atoms with Crippen molar-refractivity contribution in [2.24, 2.45) is 0 Å². The van der Waals surface area contributed by atoms with Gasteiger partial charge in [-0.05, 0) is 29.8 Å². The van der Waals surface area contributed by atoms with Crippen LogP contribution in [0.1, 0.15) is 15.9 Å². The van der Waals surface area contributed by atoms with E-state index in [0.29, 0.717) is 23.6 Å². The Morgan fingerprint density at radius 2 is 1.75 bits per heavy atom. The van der Waals surface area contributed by atoms with Crippen LogP contribution in [0.4, 0.5) is 0 Å². The summed E-state index contributed by atoms with van der Waals surface area (Å²) in [6.07, 6.45) is 1.75. The minimum absolute atomic E-state index is 0.187. The van der Waals surface area contributed by atoms with Crippen LogP contribution in [0.5, 0.6) is 11.5 Å². The fraction of sp³-hybridized carbons (Fsp3) is 0.158. The number of hydrogen-bond donors (Lipinski definition) is 1. The fourth-order valence-corrected chi connectivity index (χ4v) is 2.53. The Morgan fingerprint density at radius 1 is 1.04 bits per heavy atom. The highest BCUT2D eigenvalue weighted by molar-refractivity contribution is 5.95. The summed E-state index contributed by atoms with van der Waals surface area (Å²) in [5, 5.41) is 3.96. The predicted molar refractivity (Wildman–Crippen MR) is 92.5 cm³/mol. The second-order valence-electron chi connectivity index (χ2n) is 5.27. The van der Waals surface area contributed by atoms with Gasteiger partial charge in [-0.3, -0.25) is 9.78 Å². The molecule has 0 spiro atoms. The normalized spacial score (nSPS) is 10.4. The zero-order valence-electron chi connectivity index (χ0n) is 13.6. The molecule has 0 radical (unpaired) electrons. The van der Waals surface area contributed by atoms with Crippen LogP contribution in [0.25, 0.3) is 10.9 Å². The Morgan fingerprint density at radius 3 is 2.46 bits per heavy atom. The van der Waals surface area contributed by atoms with Crippen LogP contribution in [0.3, 0.4) is 0 Å². The number of benzene rings is 2. The van der Waals surface area contributed by atoms with Crippen molar-refractivity contribution in [2.75, 3.05) is 14.2 Å². The molecule has 0 aliphatic heterocycles. The number of pyridine rings is 1. The smallest absolute Gasteiger partial charge is 0.251 e. The number of carbonyl (C=O) groups is 1. The van der Waals surface area contributed by atoms with E-state index in [9.17, 15) is 4.79 Å². The second kappa shape index (κ2) is 7.00. The summed E-state index contributed by atoms with van der Waals surface area (Å²) in [4.78, 5) is 16.8. The summed E-state index contributed by atoms with van der Waals surface area (Å²) in [7, 11) is 3.11. The Labute approximate surface area is 140 Å². The van der Waals surface area contributed by atoms with E-state index in [0.717, 1.165) is 16.5 Å². The summed E-state index contributed by atoms with van der Waals surface area (Å²) in [5.74, 6) is 0.968. The van der Waals surface area contributed by atoms with Crippen molar-refractivity contribution in [1.29, 1.82) is 0 Å². The van der Waals surface area contributed by atoms with Crippen LogP contribution >= 0.6 is 0 Å². The van der Waals surface area contributed by atoms with Crippen molar-refractivity contribution in [3.05, 3.63) is 65.9 Å². The van der Waals surface area contributed by atoms with Gasteiger partial charge >= 0.3 is 0 Å².